The van der Waals surface area contributed by atoms with E-state index in [1.165, 1.54) is 18.7 Å². The lowest BCUT2D eigenvalue weighted by atomic mass is 10.2. The van der Waals surface area contributed by atoms with Crippen molar-refractivity contribution in [3.63, 3.8) is 0 Å². The summed E-state index contributed by atoms with van der Waals surface area (Å²) in [4.78, 5) is 15.8. The van der Waals surface area contributed by atoms with E-state index in [-0.39, 0.29) is 23.1 Å². The molecule has 0 atom stereocenters. The number of H-pyrrole nitrogens is 1. The van der Waals surface area contributed by atoms with Gasteiger partial charge in [-0.3, -0.25) is 9.89 Å². The number of nitrogens with one attached hydrogen (secondary N) is 1. The van der Waals surface area contributed by atoms with Gasteiger partial charge in [-0.05, 0) is 24.3 Å². The van der Waals surface area contributed by atoms with E-state index in [0.29, 0.717) is 11.4 Å². The summed E-state index contributed by atoms with van der Waals surface area (Å²) in [6.45, 7) is 0. The predicted octanol–water partition coefficient (Wildman–Crippen LogP) is 2.55. The van der Waals surface area contributed by atoms with Gasteiger partial charge in [-0.25, -0.2) is 4.98 Å². The molecule has 0 bridgehead atoms. The smallest absolute Gasteiger partial charge is 0.290 e. The minimum Gasteiger partial charge on any atom is -0.504 e. The van der Waals surface area contributed by atoms with Crippen molar-refractivity contribution in [3.05, 3.63) is 60.4 Å². The van der Waals surface area contributed by atoms with Crippen LogP contribution < -0.4 is 10.5 Å². The maximum atomic E-state index is 12.0. The number of benzene rings is 1. The van der Waals surface area contributed by atoms with Gasteiger partial charge in [0.1, 0.15) is 18.3 Å². The van der Waals surface area contributed by atoms with Crippen molar-refractivity contribution in [1.29, 1.82) is 0 Å². The van der Waals surface area contributed by atoms with Crippen LogP contribution in [0.15, 0.2) is 53.4 Å². The van der Waals surface area contributed by atoms with Crippen LogP contribution in [0, 0.1) is 0 Å². The molecule has 4 N–H and O–H groups in total. The summed E-state index contributed by atoms with van der Waals surface area (Å²) in [7, 11) is 0. The summed E-state index contributed by atoms with van der Waals surface area (Å²) in [5.41, 5.74) is 6.42. The second kappa shape index (κ2) is 6.06. The molecule has 0 aliphatic heterocycles. The highest BCUT2D eigenvalue weighted by Crippen LogP contribution is 2.25. The number of nitrogens with two attached hydrogens (primary N) is 1. The van der Waals surface area contributed by atoms with Crippen LogP contribution in [0.4, 0.5) is 5.69 Å². The van der Waals surface area contributed by atoms with Crippen LogP contribution in [0.5, 0.6) is 11.7 Å². The second-order valence-electron chi connectivity index (χ2n) is 4.54. The van der Waals surface area contributed by atoms with Crippen molar-refractivity contribution in [1.82, 2.24) is 15.2 Å². The van der Waals surface area contributed by atoms with Crippen LogP contribution in [0.1, 0.15) is 16.2 Å². The Hall–Kier alpha value is -3.55. The van der Waals surface area contributed by atoms with Crippen LogP contribution >= 0.6 is 0 Å². The first-order valence-electron chi connectivity index (χ1n) is 6.55. The van der Waals surface area contributed by atoms with Crippen LogP contribution in [0.3, 0.4) is 0 Å². The van der Waals surface area contributed by atoms with Gasteiger partial charge in [0.25, 0.3) is 5.95 Å². The first-order chi connectivity index (χ1) is 11.1. The lowest BCUT2D eigenvalue weighted by Crippen LogP contribution is -1.95. The Bertz CT molecular complexity index is 835. The molecular formula is C15H12N4O4. The van der Waals surface area contributed by atoms with Gasteiger partial charge < -0.3 is 20.0 Å². The minimum absolute atomic E-state index is 0.0280. The third kappa shape index (κ3) is 3.38. The number of allylic oxidation sites excluding steroid dienone is 1. The van der Waals surface area contributed by atoms with Crippen LogP contribution in [-0.2, 0) is 0 Å². The van der Waals surface area contributed by atoms with Crippen molar-refractivity contribution in [2.24, 2.45) is 0 Å². The van der Waals surface area contributed by atoms with Crippen LogP contribution in [-0.4, -0.2) is 26.1 Å². The van der Waals surface area contributed by atoms with Crippen molar-refractivity contribution in [2.75, 3.05) is 5.73 Å². The van der Waals surface area contributed by atoms with E-state index in [4.69, 9.17) is 14.9 Å². The molecule has 8 heteroatoms. The molecule has 0 radical (unpaired) electrons. The molecule has 0 unspecified atom stereocenters. The fourth-order valence-corrected chi connectivity index (χ4v) is 1.76. The monoisotopic (exact) mass is 312 g/mol. The number of carbonyl (C=O) groups is 1. The van der Waals surface area contributed by atoms with E-state index < -0.39 is 5.78 Å². The number of aromatic amines is 1. The van der Waals surface area contributed by atoms with Gasteiger partial charge in [0.2, 0.25) is 5.82 Å². The van der Waals surface area contributed by atoms with Gasteiger partial charge in [0.05, 0.1) is 5.56 Å². The zero-order valence-corrected chi connectivity index (χ0v) is 11.8. The molecule has 116 valence electrons. The molecule has 0 amide bonds. The molecule has 0 aliphatic carbocycles. The van der Waals surface area contributed by atoms with Gasteiger partial charge in [-0.1, -0.05) is 0 Å². The average molecular weight is 312 g/mol. The third-order valence-electron chi connectivity index (χ3n) is 2.87. The van der Waals surface area contributed by atoms with Gasteiger partial charge in [0.15, 0.2) is 11.5 Å². The number of hydrogen-bond acceptors (Lipinski definition) is 7. The normalized spacial score (nSPS) is 11.4. The number of anilines is 1. The Morgan fingerprint density at radius 2 is 2.13 bits per heavy atom. The van der Waals surface area contributed by atoms with E-state index >= 15 is 0 Å². The predicted molar refractivity (Wildman–Crippen MR) is 81.0 cm³/mol. The highest BCUT2D eigenvalue weighted by atomic mass is 16.6. The topological polar surface area (TPSA) is 127 Å². The Labute approximate surface area is 130 Å². The number of carbonyl (C=O) groups excluding carboxylic acids is 1. The molecule has 2 aromatic heterocycles. The highest BCUT2D eigenvalue weighted by Gasteiger charge is 2.13. The number of rotatable bonds is 5. The SMILES string of the molecule is Nc1ccc(Oc2cc(C(=O)C=C(O)c3nc[nH]n3)co2)cc1. The van der Waals surface area contributed by atoms with Gasteiger partial charge in [-0.2, -0.15) is 5.10 Å². The van der Waals surface area contributed by atoms with Gasteiger partial charge in [-0.15, -0.1) is 0 Å². The number of ketones is 1. The number of nitrogens with zero attached hydrogens (tertiary/aromatic N) is 2. The average Bonchev–Trinajstić information content (AvgIpc) is 3.21. The van der Waals surface area contributed by atoms with Crippen LogP contribution in [0.25, 0.3) is 5.76 Å². The fourth-order valence-electron chi connectivity index (χ4n) is 1.76. The Morgan fingerprint density at radius 3 is 2.83 bits per heavy atom. The summed E-state index contributed by atoms with van der Waals surface area (Å²) in [5.74, 6) is -0.127. The molecule has 2 heterocycles. The zero-order chi connectivity index (χ0) is 16.2. The summed E-state index contributed by atoms with van der Waals surface area (Å²) in [6.07, 6.45) is 3.53. The number of ether oxygens (including phenoxy) is 1. The maximum absolute atomic E-state index is 12.0. The maximum Gasteiger partial charge on any atom is 0.290 e. The molecule has 8 nitrogen and oxygen atoms in total. The molecule has 0 aliphatic rings. The number of aromatic nitrogens is 3. The van der Waals surface area contributed by atoms with Crippen LogP contribution in [0.2, 0.25) is 0 Å². The molecule has 3 aromatic rings. The molecule has 0 fully saturated rings. The molecule has 1 aromatic carbocycles. The highest BCUT2D eigenvalue weighted by molar-refractivity contribution is 6.07. The lowest BCUT2D eigenvalue weighted by molar-refractivity contribution is 0.104. The molecule has 0 spiro atoms. The minimum atomic E-state index is -0.469. The Morgan fingerprint density at radius 1 is 1.35 bits per heavy atom. The largest absolute Gasteiger partial charge is 0.504 e. The number of aliphatic hydroxyl groups excluding tert-OH is 1. The molecule has 3 rings (SSSR count). The first-order valence-corrected chi connectivity index (χ1v) is 6.55. The zero-order valence-electron chi connectivity index (χ0n) is 11.8. The number of aliphatic hydroxyl groups is 1. The number of nitrogen functional groups attached to an aromatic ring is 1. The summed E-state index contributed by atoms with van der Waals surface area (Å²) < 4.78 is 10.6. The summed E-state index contributed by atoms with van der Waals surface area (Å²) >= 11 is 0. The summed E-state index contributed by atoms with van der Waals surface area (Å²) in [6, 6.07) is 8.13. The first kappa shape index (κ1) is 14.4. The van der Waals surface area contributed by atoms with E-state index in [9.17, 15) is 9.90 Å². The molecule has 0 saturated carbocycles. The third-order valence-corrected chi connectivity index (χ3v) is 2.87. The lowest BCUT2D eigenvalue weighted by Gasteiger charge is -2.01. The van der Waals surface area contributed by atoms with Crippen molar-refractivity contribution in [3.8, 4) is 11.7 Å². The van der Waals surface area contributed by atoms with Gasteiger partial charge >= 0.3 is 0 Å². The molecule has 0 saturated heterocycles. The standard InChI is InChI=1S/C15H12N4O4/c16-10-1-3-11(4-2-10)23-14-5-9(7-22-14)12(20)6-13(21)15-17-8-18-19-15/h1-8,21H,16H2,(H,17,18,19). The van der Waals surface area contributed by atoms with E-state index in [2.05, 4.69) is 15.2 Å². The molecule has 23 heavy (non-hydrogen) atoms. The number of furan rings is 1. The van der Waals surface area contributed by atoms with Crippen molar-refractivity contribution in [2.45, 2.75) is 0 Å². The van der Waals surface area contributed by atoms with E-state index in [1.54, 1.807) is 24.3 Å². The number of hydrogen-bond donors (Lipinski definition) is 3. The Balaban J connectivity index is 1.72. The fraction of sp³-hybridized carbons (Fsp3) is 0. The van der Waals surface area contributed by atoms with E-state index in [1.807, 2.05) is 0 Å². The quantitative estimate of drug-likeness (QED) is 0.286. The van der Waals surface area contributed by atoms with Crippen molar-refractivity contribution < 1.29 is 19.1 Å². The van der Waals surface area contributed by atoms with Crippen molar-refractivity contribution >= 4 is 17.2 Å². The van der Waals surface area contributed by atoms with E-state index in [0.717, 1.165) is 6.08 Å². The van der Waals surface area contributed by atoms with Gasteiger partial charge in [0, 0.05) is 17.8 Å². The second-order valence-corrected chi connectivity index (χ2v) is 4.54. The molecular weight excluding hydrogens is 300 g/mol. The Kier molecular flexibility index (Phi) is 3.79. The summed E-state index contributed by atoms with van der Waals surface area (Å²) in [5, 5.41) is 15.8.